The summed E-state index contributed by atoms with van der Waals surface area (Å²) in [6.07, 6.45) is 5.47. The first-order valence-corrected chi connectivity index (χ1v) is 6.13. The van der Waals surface area contributed by atoms with Crippen molar-refractivity contribution in [3.63, 3.8) is 0 Å². The molecule has 1 aliphatic carbocycles. The van der Waals surface area contributed by atoms with Gasteiger partial charge in [-0.05, 0) is 50.7 Å². The van der Waals surface area contributed by atoms with Crippen molar-refractivity contribution in [3.05, 3.63) is 23.0 Å². The van der Waals surface area contributed by atoms with Crippen molar-refractivity contribution in [3.8, 4) is 0 Å². The lowest BCUT2D eigenvalue weighted by molar-refractivity contribution is 0.377. The fraction of sp³-hybridized carbons (Fsp3) is 0.692. The lowest BCUT2D eigenvalue weighted by Crippen LogP contribution is -2.37. The molecular formula is C13H20N2. The number of rotatable bonds is 2. The smallest absolute Gasteiger partial charge is 0.0194 e. The van der Waals surface area contributed by atoms with Gasteiger partial charge in [0.25, 0.3) is 0 Å². The van der Waals surface area contributed by atoms with Crippen molar-refractivity contribution in [2.24, 2.45) is 5.92 Å². The Morgan fingerprint density at radius 2 is 2.20 bits per heavy atom. The summed E-state index contributed by atoms with van der Waals surface area (Å²) in [6, 6.07) is 3.82. The maximum Gasteiger partial charge on any atom is 0.0194 e. The number of piperidine rings is 1. The van der Waals surface area contributed by atoms with E-state index in [4.69, 9.17) is 0 Å². The van der Waals surface area contributed by atoms with Crippen molar-refractivity contribution in [1.82, 2.24) is 10.3 Å². The zero-order valence-electron chi connectivity index (χ0n) is 9.64. The molecule has 1 aromatic heterocycles. The summed E-state index contributed by atoms with van der Waals surface area (Å²) in [7, 11) is 0. The molecule has 0 aromatic carbocycles. The zero-order chi connectivity index (χ0) is 10.4. The molecule has 3 atom stereocenters. The van der Waals surface area contributed by atoms with Gasteiger partial charge in [-0.1, -0.05) is 0 Å². The Bertz CT molecular complexity index is 367. The van der Waals surface area contributed by atoms with E-state index in [2.05, 4.69) is 30.2 Å². The topological polar surface area (TPSA) is 27.8 Å². The third kappa shape index (κ3) is 1.61. The second-order valence-electron chi connectivity index (χ2n) is 5.36. The molecule has 2 N–H and O–H groups in total. The molecule has 0 amide bonds. The van der Waals surface area contributed by atoms with Gasteiger partial charge in [-0.15, -0.1) is 0 Å². The number of H-pyrrole nitrogens is 1. The van der Waals surface area contributed by atoms with Crippen LogP contribution in [0.15, 0.2) is 6.07 Å². The van der Waals surface area contributed by atoms with Crippen molar-refractivity contribution in [2.75, 3.05) is 0 Å². The van der Waals surface area contributed by atoms with Crippen LogP contribution in [0.2, 0.25) is 0 Å². The quantitative estimate of drug-likeness (QED) is 0.760. The molecule has 1 aromatic rings. The van der Waals surface area contributed by atoms with E-state index >= 15 is 0 Å². The van der Waals surface area contributed by atoms with Gasteiger partial charge >= 0.3 is 0 Å². The van der Waals surface area contributed by atoms with E-state index < -0.39 is 0 Å². The van der Waals surface area contributed by atoms with Crippen LogP contribution in [0, 0.1) is 19.8 Å². The SMILES string of the molecule is Cc1cc(C)c(CC2NC3CCC2C3)[nH]1. The minimum atomic E-state index is 0.737. The average Bonchev–Trinajstić information content (AvgIpc) is 2.83. The van der Waals surface area contributed by atoms with E-state index in [1.165, 1.54) is 42.6 Å². The van der Waals surface area contributed by atoms with E-state index in [-0.39, 0.29) is 0 Å². The molecule has 3 unspecified atom stereocenters. The maximum atomic E-state index is 3.76. The summed E-state index contributed by atoms with van der Waals surface area (Å²) in [6.45, 7) is 4.36. The predicted molar refractivity (Wildman–Crippen MR) is 62.0 cm³/mol. The highest BCUT2D eigenvalue weighted by atomic mass is 15.0. The lowest BCUT2D eigenvalue weighted by atomic mass is 9.95. The van der Waals surface area contributed by atoms with Gasteiger partial charge < -0.3 is 10.3 Å². The number of aryl methyl sites for hydroxylation is 2. The fourth-order valence-corrected chi connectivity index (χ4v) is 3.41. The van der Waals surface area contributed by atoms with Crippen LogP contribution in [0.3, 0.4) is 0 Å². The zero-order valence-corrected chi connectivity index (χ0v) is 9.64. The molecular weight excluding hydrogens is 184 g/mol. The van der Waals surface area contributed by atoms with Gasteiger partial charge in [-0.3, -0.25) is 0 Å². The standard InChI is InChI=1S/C13H20N2/c1-8-5-9(2)14-12(8)7-13-10-3-4-11(6-10)15-13/h5,10-11,13-15H,3-4,6-7H2,1-2H3. The Kier molecular flexibility index (Phi) is 2.13. The van der Waals surface area contributed by atoms with Gasteiger partial charge in [-0.25, -0.2) is 0 Å². The van der Waals surface area contributed by atoms with Crippen LogP contribution in [0.25, 0.3) is 0 Å². The first-order chi connectivity index (χ1) is 7.22. The summed E-state index contributed by atoms with van der Waals surface area (Å²) in [5.74, 6) is 0.943. The van der Waals surface area contributed by atoms with Crippen LogP contribution >= 0.6 is 0 Å². The Morgan fingerprint density at radius 1 is 1.33 bits per heavy atom. The molecule has 3 rings (SSSR count). The summed E-state index contributed by atoms with van der Waals surface area (Å²) < 4.78 is 0. The molecule has 1 saturated heterocycles. The highest BCUT2D eigenvalue weighted by Crippen LogP contribution is 2.36. The van der Waals surface area contributed by atoms with Gasteiger partial charge in [-0.2, -0.15) is 0 Å². The van der Waals surface area contributed by atoms with Gasteiger partial charge in [0.05, 0.1) is 0 Å². The molecule has 15 heavy (non-hydrogen) atoms. The Balaban J connectivity index is 1.73. The third-order valence-corrected chi connectivity index (χ3v) is 4.17. The molecule has 0 radical (unpaired) electrons. The predicted octanol–water partition coefficient (Wildman–Crippen LogP) is 2.31. The van der Waals surface area contributed by atoms with Crippen LogP contribution < -0.4 is 5.32 Å². The summed E-state index contributed by atoms with van der Waals surface area (Å²) >= 11 is 0. The Morgan fingerprint density at radius 3 is 2.73 bits per heavy atom. The first kappa shape index (κ1) is 9.46. The molecule has 2 nitrogen and oxygen atoms in total. The second-order valence-corrected chi connectivity index (χ2v) is 5.36. The minimum absolute atomic E-state index is 0.737. The van der Waals surface area contributed by atoms with Crippen molar-refractivity contribution in [2.45, 2.75) is 51.6 Å². The number of nitrogens with one attached hydrogen (secondary N) is 2. The van der Waals surface area contributed by atoms with Crippen LogP contribution in [0.5, 0.6) is 0 Å². The molecule has 1 aliphatic heterocycles. The number of hydrogen-bond donors (Lipinski definition) is 2. The van der Waals surface area contributed by atoms with E-state index in [0.29, 0.717) is 0 Å². The number of fused-ring (bicyclic) bond motifs is 2. The summed E-state index contributed by atoms with van der Waals surface area (Å²) in [4.78, 5) is 3.49. The van der Waals surface area contributed by atoms with Crippen molar-refractivity contribution < 1.29 is 0 Å². The van der Waals surface area contributed by atoms with Crippen LogP contribution in [-0.4, -0.2) is 17.1 Å². The van der Waals surface area contributed by atoms with E-state index in [1.807, 2.05) is 0 Å². The number of aromatic nitrogens is 1. The van der Waals surface area contributed by atoms with Crippen molar-refractivity contribution in [1.29, 1.82) is 0 Å². The summed E-state index contributed by atoms with van der Waals surface area (Å²) in [5, 5.41) is 3.76. The van der Waals surface area contributed by atoms with Gasteiger partial charge in [0.2, 0.25) is 0 Å². The molecule has 2 bridgehead atoms. The van der Waals surface area contributed by atoms with E-state index in [9.17, 15) is 0 Å². The highest BCUT2D eigenvalue weighted by Gasteiger charge is 2.38. The average molecular weight is 204 g/mol. The van der Waals surface area contributed by atoms with E-state index in [1.54, 1.807) is 0 Å². The van der Waals surface area contributed by atoms with Crippen LogP contribution in [-0.2, 0) is 6.42 Å². The molecule has 1 saturated carbocycles. The summed E-state index contributed by atoms with van der Waals surface area (Å²) in [5.41, 5.74) is 4.17. The number of hydrogen-bond acceptors (Lipinski definition) is 1. The van der Waals surface area contributed by atoms with E-state index in [0.717, 1.165) is 18.0 Å². The normalized spacial score (nSPS) is 33.9. The van der Waals surface area contributed by atoms with Crippen molar-refractivity contribution >= 4 is 0 Å². The Hall–Kier alpha value is -0.760. The first-order valence-electron chi connectivity index (χ1n) is 6.13. The Labute approximate surface area is 91.5 Å². The third-order valence-electron chi connectivity index (χ3n) is 4.17. The van der Waals surface area contributed by atoms with Gasteiger partial charge in [0, 0.05) is 29.9 Å². The molecule has 2 heterocycles. The minimum Gasteiger partial charge on any atom is -0.362 e. The highest BCUT2D eigenvalue weighted by molar-refractivity contribution is 5.25. The lowest BCUT2D eigenvalue weighted by Gasteiger charge is -2.22. The molecule has 82 valence electrons. The molecule has 0 spiro atoms. The van der Waals surface area contributed by atoms with Gasteiger partial charge in [0.1, 0.15) is 0 Å². The largest absolute Gasteiger partial charge is 0.362 e. The van der Waals surface area contributed by atoms with Gasteiger partial charge in [0.15, 0.2) is 0 Å². The fourth-order valence-electron chi connectivity index (χ4n) is 3.41. The molecule has 2 fully saturated rings. The number of aromatic amines is 1. The second kappa shape index (κ2) is 3.38. The van der Waals surface area contributed by atoms with Crippen LogP contribution in [0.4, 0.5) is 0 Å². The molecule has 2 aliphatic rings. The maximum absolute atomic E-state index is 3.76. The molecule has 2 heteroatoms. The van der Waals surface area contributed by atoms with Crippen LogP contribution in [0.1, 0.15) is 36.2 Å². The monoisotopic (exact) mass is 204 g/mol.